The minimum atomic E-state index is 0.409. The van der Waals surface area contributed by atoms with E-state index in [1.165, 1.54) is 23.1 Å². The van der Waals surface area contributed by atoms with Crippen molar-refractivity contribution in [2.75, 3.05) is 7.11 Å². The molecule has 0 saturated carbocycles. The molecule has 0 amide bonds. The Bertz CT molecular complexity index is 524. The Balaban J connectivity index is 2.05. The molecule has 0 bridgehead atoms. The number of hydrogen-bond donors (Lipinski definition) is 1. The standard InChI is InChI=1S/C19H25NO/c1-3-9-19(16-10-5-4-6-11-16)20-14-17-12-7-8-13-18(17)15-21-2/h4-8,10-13,19-20H,3,9,14-15H2,1-2H3. The third kappa shape index (κ3) is 4.69. The van der Waals surface area contributed by atoms with Crippen LogP contribution in [0.4, 0.5) is 0 Å². The van der Waals surface area contributed by atoms with Crippen LogP contribution in [0.15, 0.2) is 54.6 Å². The van der Waals surface area contributed by atoms with E-state index in [2.05, 4.69) is 66.8 Å². The zero-order valence-electron chi connectivity index (χ0n) is 13.0. The summed E-state index contributed by atoms with van der Waals surface area (Å²) in [5.41, 5.74) is 3.94. The monoisotopic (exact) mass is 283 g/mol. The van der Waals surface area contributed by atoms with Crippen LogP contribution in [0, 0.1) is 0 Å². The zero-order chi connectivity index (χ0) is 14.9. The first-order valence-electron chi connectivity index (χ1n) is 7.69. The maximum Gasteiger partial charge on any atom is 0.0716 e. The first kappa shape index (κ1) is 15.7. The van der Waals surface area contributed by atoms with Crippen LogP contribution in [0.25, 0.3) is 0 Å². The first-order valence-corrected chi connectivity index (χ1v) is 7.69. The quantitative estimate of drug-likeness (QED) is 0.772. The Morgan fingerprint density at radius 2 is 1.62 bits per heavy atom. The van der Waals surface area contributed by atoms with Crippen LogP contribution < -0.4 is 5.32 Å². The van der Waals surface area contributed by atoms with Crippen molar-refractivity contribution in [3.63, 3.8) is 0 Å². The van der Waals surface area contributed by atoms with E-state index in [4.69, 9.17) is 4.74 Å². The van der Waals surface area contributed by atoms with E-state index in [9.17, 15) is 0 Å². The fourth-order valence-corrected chi connectivity index (χ4v) is 2.62. The van der Waals surface area contributed by atoms with Crippen LogP contribution in [-0.2, 0) is 17.9 Å². The van der Waals surface area contributed by atoms with Crippen LogP contribution in [0.3, 0.4) is 0 Å². The molecule has 0 aliphatic heterocycles. The third-order valence-electron chi connectivity index (χ3n) is 3.74. The van der Waals surface area contributed by atoms with E-state index >= 15 is 0 Å². The zero-order valence-corrected chi connectivity index (χ0v) is 13.0. The fraction of sp³-hybridized carbons (Fsp3) is 0.368. The van der Waals surface area contributed by atoms with E-state index in [1.54, 1.807) is 7.11 Å². The van der Waals surface area contributed by atoms with Crippen LogP contribution in [0.5, 0.6) is 0 Å². The smallest absolute Gasteiger partial charge is 0.0716 e. The summed E-state index contributed by atoms with van der Waals surface area (Å²) in [4.78, 5) is 0. The van der Waals surface area contributed by atoms with Gasteiger partial charge in [-0.3, -0.25) is 0 Å². The molecule has 0 spiro atoms. The van der Waals surface area contributed by atoms with Crippen molar-refractivity contribution in [2.24, 2.45) is 0 Å². The highest BCUT2D eigenvalue weighted by molar-refractivity contribution is 5.27. The van der Waals surface area contributed by atoms with E-state index in [1.807, 2.05) is 0 Å². The highest BCUT2D eigenvalue weighted by Gasteiger charge is 2.10. The summed E-state index contributed by atoms with van der Waals surface area (Å²) in [5.74, 6) is 0. The molecule has 0 aliphatic carbocycles. The van der Waals surface area contributed by atoms with Gasteiger partial charge in [0.1, 0.15) is 0 Å². The number of methoxy groups -OCH3 is 1. The Hall–Kier alpha value is -1.64. The fourth-order valence-electron chi connectivity index (χ4n) is 2.62. The minimum Gasteiger partial charge on any atom is -0.380 e. The maximum atomic E-state index is 5.28. The Morgan fingerprint density at radius 3 is 2.29 bits per heavy atom. The second-order valence-electron chi connectivity index (χ2n) is 5.33. The Labute approximate surface area is 128 Å². The highest BCUT2D eigenvalue weighted by atomic mass is 16.5. The molecule has 1 unspecified atom stereocenters. The lowest BCUT2D eigenvalue weighted by Crippen LogP contribution is -2.21. The Kier molecular flexibility index (Phi) is 6.45. The van der Waals surface area contributed by atoms with Gasteiger partial charge in [-0.15, -0.1) is 0 Å². The molecule has 2 heteroatoms. The van der Waals surface area contributed by atoms with Gasteiger partial charge in [0.2, 0.25) is 0 Å². The van der Waals surface area contributed by atoms with Crippen molar-refractivity contribution >= 4 is 0 Å². The molecule has 21 heavy (non-hydrogen) atoms. The average molecular weight is 283 g/mol. The number of hydrogen-bond acceptors (Lipinski definition) is 2. The summed E-state index contributed by atoms with van der Waals surface area (Å²) in [6.07, 6.45) is 2.32. The predicted octanol–water partition coefficient (Wildman–Crippen LogP) is 4.46. The molecule has 2 aromatic rings. The van der Waals surface area contributed by atoms with Crippen molar-refractivity contribution in [1.82, 2.24) is 5.32 Å². The molecule has 0 aromatic heterocycles. The minimum absolute atomic E-state index is 0.409. The first-order chi connectivity index (χ1) is 10.3. The number of benzene rings is 2. The lowest BCUT2D eigenvalue weighted by Gasteiger charge is -2.20. The molecular formula is C19H25NO. The van der Waals surface area contributed by atoms with Crippen molar-refractivity contribution in [3.8, 4) is 0 Å². The second-order valence-corrected chi connectivity index (χ2v) is 5.33. The molecular weight excluding hydrogens is 258 g/mol. The largest absolute Gasteiger partial charge is 0.380 e. The van der Waals surface area contributed by atoms with Gasteiger partial charge in [0, 0.05) is 19.7 Å². The van der Waals surface area contributed by atoms with Gasteiger partial charge in [0.25, 0.3) is 0 Å². The van der Waals surface area contributed by atoms with Gasteiger partial charge in [0.05, 0.1) is 6.61 Å². The van der Waals surface area contributed by atoms with Crippen LogP contribution >= 0.6 is 0 Å². The van der Waals surface area contributed by atoms with Gasteiger partial charge in [-0.25, -0.2) is 0 Å². The van der Waals surface area contributed by atoms with E-state index in [0.717, 1.165) is 13.0 Å². The molecule has 0 heterocycles. The average Bonchev–Trinajstić information content (AvgIpc) is 2.54. The van der Waals surface area contributed by atoms with Gasteiger partial charge in [-0.05, 0) is 23.1 Å². The predicted molar refractivity (Wildman–Crippen MR) is 88.1 cm³/mol. The number of ether oxygens (including phenoxy) is 1. The molecule has 112 valence electrons. The molecule has 1 atom stereocenters. The topological polar surface area (TPSA) is 21.3 Å². The van der Waals surface area contributed by atoms with Crippen LogP contribution in [0.1, 0.15) is 42.5 Å². The van der Waals surface area contributed by atoms with Crippen LogP contribution in [0.2, 0.25) is 0 Å². The van der Waals surface area contributed by atoms with Gasteiger partial charge in [-0.2, -0.15) is 0 Å². The van der Waals surface area contributed by atoms with Gasteiger partial charge in [-0.1, -0.05) is 67.9 Å². The summed E-state index contributed by atoms with van der Waals surface area (Å²) in [6.45, 7) is 3.78. The van der Waals surface area contributed by atoms with Crippen molar-refractivity contribution in [3.05, 3.63) is 71.3 Å². The molecule has 0 radical (unpaired) electrons. The van der Waals surface area contributed by atoms with Crippen molar-refractivity contribution in [2.45, 2.75) is 39.0 Å². The SMILES string of the molecule is CCCC(NCc1ccccc1COC)c1ccccc1. The van der Waals surface area contributed by atoms with Gasteiger partial charge >= 0.3 is 0 Å². The summed E-state index contributed by atoms with van der Waals surface area (Å²) in [5, 5.41) is 3.70. The van der Waals surface area contributed by atoms with Gasteiger partial charge in [0.15, 0.2) is 0 Å². The molecule has 0 saturated heterocycles. The van der Waals surface area contributed by atoms with Gasteiger partial charge < -0.3 is 10.1 Å². The molecule has 1 N–H and O–H groups in total. The molecule has 0 aliphatic rings. The summed E-state index contributed by atoms with van der Waals surface area (Å²) in [6, 6.07) is 19.6. The molecule has 2 rings (SSSR count). The lowest BCUT2D eigenvalue weighted by atomic mass is 10.0. The second kappa shape index (κ2) is 8.60. The lowest BCUT2D eigenvalue weighted by molar-refractivity contribution is 0.184. The number of nitrogens with one attached hydrogen (secondary N) is 1. The maximum absolute atomic E-state index is 5.28. The molecule has 0 fully saturated rings. The van der Waals surface area contributed by atoms with E-state index in [0.29, 0.717) is 12.6 Å². The highest BCUT2D eigenvalue weighted by Crippen LogP contribution is 2.19. The summed E-state index contributed by atoms with van der Waals surface area (Å²) >= 11 is 0. The molecule has 2 nitrogen and oxygen atoms in total. The van der Waals surface area contributed by atoms with Crippen LogP contribution in [-0.4, -0.2) is 7.11 Å². The normalized spacial score (nSPS) is 12.3. The third-order valence-corrected chi connectivity index (χ3v) is 3.74. The Morgan fingerprint density at radius 1 is 0.952 bits per heavy atom. The summed E-state index contributed by atoms with van der Waals surface area (Å²) < 4.78 is 5.28. The summed E-state index contributed by atoms with van der Waals surface area (Å²) in [7, 11) is 1.74. The number of rotatable bonds is 8. The van der Waals surface area contributed by atoms with Crippen molar-refractivity contribution < 1.29 is 4.74 Å². The van der Waals surface area contributed by atoms with E-state index in [-0.39, 0.29) is 0 Å². The van der Waals surface area contributed by atoms with E-state index < -0.39 is 0 Å². The van der Waals surface area contributed by atoms with Crippen molar-refractivity contribution in [1.29, 1.82) is 0 Å². The molecule has 2 aromatic carbocycles.